The van der Waals surface area contributed by atoms with Crippen LogP contribution in [0, 0.1) is 23.4 Å². The molecule has 0 N–H and O–H groups in total. The smallest absolute Gasteiger partial charge is 0.225 e. The van der Waals surface area contributed by atoms with E-state index in [0.717, 1.165) is 43.6 Å². The molecule has 206 valence electrons. The van der Waals surface area contributed by atoms with Gasteiger partial charge in [-0.05, 0) is 62.0 Å². The zero-order valence-corrected chi connectivity index (χ0v) is 21.7. The number of rotatable bonds is 8. The Hall–Kier alpha value is -3.44. The second-order valence-electron chi connectivity index (χ2n) is 10.4. The van der Waals surface area contributed by atoms with Gasteiger partial charge in [0.05, 0.1) is 12.4 Å². The predicted octanol–water partition coefficient (Wildman–Crippen LogP) is 3.59. The van der Waals surface area contributed by atoms with Crippen molar-refractivity contribution >= 4 is 5.91 Å². The third-order valence-corrected chi connectivity index (χ3v) is 7.78. The maximum Gasteiger partial charge on any atom is 0.225 e. The zero-order valence-electron chi connectivity index (χ0n) is 21.7. The van der Waals surface area contributed by atoms with Crippen LogP contribution in [0.2, 0.25) is 0 Å². The summed E-state index contributed by atoms with van der Waals surface area (Å²) in [4.78, 5) is 19.6. The molecular formula is C28H32F3N7O. The fourth-order valence-electron chi connectivity index (χ4n) is 5.60. The molecule has 2 saturated heterocycles. The van der Waals surface area contributed by atoms with Crippen molar-refractivity contribution in [2.24, 2.45) is 5.92 Å². The average Bonchev–Trinajstić information content (AvgIpc) is 2.95. The van der Waals surface area contributed by atoms with Gasteiger partial charge in [0, 0.05) is 74.8 Å². The summed E-state index contributed by atoms with van der Waals surface area (Å²) in [6, 6.07) is 5.20. The van der Waals surface area contributed by atoms with E-state index < -0.39 is 17.5 Å². The molecule has 0 atom stereocenters. The van der Waals surface area contributed by atoms with E-state index in [9.17, 15) is 18.0 Å². The summed E-state index contributed by atoms with van der Waals surface area (Å²) in [6.45, 7) is 4.10. The minimum absolute atomic E-state index is 0.00175. The highest BCUT2D eigenvalue weighted by Crippen LogP contribution is 2.27. The molecule has 1 aromatic carbocycles. The number of halogens is 3. The van der Waals surface area contributed by atoms with Gasteiger partial charge in [-0.2, -0.15) is 20.4 Å². The lowest BCUT2D eigenvalue weighted by molar-refractivity contribution is -0.138. The Balaban J connectivity index is 1.18. The fourth-order valence-corrected chi connectivity index (χ4v) is 5.60. The van der Waals surface area contributed by atoms with E-state index in [2.05, 4.69) is 25.3 Å². The number of piperidine rings is 2. The molecule has 2 aromatic heterocycles. The lowest BCUT2D eigenvalue weighted by Crippen LogP contribution is -2.49. The molecule has 2 fully saturated rings. The molecule has 3 aromatic rings. The van der Waals surface area contributed by atoms with E-state index in [4.69, 9.17) is 0 Å². The number of amides is 1. The number of benzene rings is 1. The van der Waals surface area contributed by atoms with Gasteiger partial charge in [0.25, 0.3) is 0 Å². The Labute approximate surface area is 225 Å². The van der Waals surface area contributed by atoms with Crippen LogP contribution >= 0.6 is 0 Å². The van der Waals surface area contributed by atoms with Gasteiger partial charge in [0.15, 0.2) is 0 Å². The number of aromatic nitrogens is 4. The molecule has 5 rings (SSSR count). The van der Waals surface area contributed by atoms with Gasteiger partial charge >= 0.3 is 0 Å². The molecule has 0 bridgehead atoms. The van der Waals surface area contributed by atoms with Crippen molar-refractivity contribution in [2.75, 3.05) is 26.2 Å². The molecule has 2 aliphatic heterocycles. The fraction of sp³-hybridized carbons (Fsp3) is 0.464. The number of carbonyl (C=O) groups is 1. The molecule has 8 nitrogen and oxygen atoms in total. The molecule has 11 heteroatoms. The minimum Gasteiger partial charge on any atom is -0.342 e. The van der Waals surface area contributed by atoms with Crippen LogP contribution in [-0.2, 0) is 24.4 Å². The van der Waals surface area contributed by atoms with Crippen molar-refractivity contribution in [1.29, 1.82) is 0 Å². The first-order valence-corrected chi connectivity index (χ1v) is 13.4. The predicted molar refractivity (Wildman–Crippen MR) is 137 cm³/mol. The van der Waals surface area contributed by atoms with Crippen molar-refractivity contribution in [2.45, 2.75) is 51.4 Å². The van der Waals surface area contributed by atoms with Crippen molar-refractivity contribution in [1.82, 2.24) is 35.1 Å². The van der Waals surface area contributed by atoms with Gasteiger partial charge in [-0.1, -0.05) is 0 Å². The maximum absolute atomic E-state index is 14.5. The zero-order chi connectivity index (χ0) is 27.2. The largest absolute Gasteiger partial charge is 0.342 e. The molecule has 2 aliphatic rings. The third-order valence-electron chi connectivity index (χ3n) is 7.78. The highest BCUT2D eigenvalue weighted by molar-refractivity contribution is 5.79. The lowest BCUT2D eigenvalue weighted by Gasteiger charge is -2.40. The van der Waals surface area contributed by atoms with Crippen LogP contribution in [0.3, 0.4) is 0 Å². The van der Waals surface area contributed by atoms with E-state index in [0.29, 0.717) is 44.6 Å². The van der Waals surface area contributed by atoms with Crippen LogP contribution in [0.25, 0.3) is 0 Å². The van der Waals surface area contributed by atoms with Crippen molar-refractivity contribution < 1.29 is 18.0 Å². The lowest BCUT2D eigenvalue weighted by atomic mass is 9.93. The van der Waals surface area contributed by atoms with Gasteiger partial charge in [0.2, 0.25) is 5.91 Å². The van der Waals surface area contributed by atoms with E-state index in [1.165, 1.54) is 0 Å². The first kappa shape index (κ1) is 27.1. The standard InChI is InChI=1S/C28H32F3N7O/c29-23-13-26(30)25(27(31)14-23)19-38(18-21-2-8-33-35-16-21)24-5-11-37(12-6-24)28(39)22-3-9-36(10-4-22)17-20-1-7-32-34-15-20/h1-2,7-8,13-16,22,24H,3-6,9-12,17-19H2. The highest BCUT2D eigenvalue weighted by atomic mass is 19.1. The number of hydrogen-bond acceptors (Lipinski definition) is 7. The minimum atomic E-state index is -0.939. The molecule has 0 aliphatic carbocycles. The van der Waals surface area contributed by atoms with Crippen molar-refractivity contribution in [3.63, 3.8) is 0 Å². The summed E-state index contributed by atoms with van der Waals surface area (Å²) in [7, 11) is 0. The molecule has 0 unspecified atom stereocenters. The summed E-state index contributed by atoms with van der Waals surface area (Å²) in [5, 5.41) is 15.5. The summed E-state index contributed by atoms with van der Waals surface area (Å²) in [5.41, 5.74) is 1.82. The monoisotopic (exact) mass is 539 g/mol. The van der Waals surface area contributed by atoms with E-state index in [1.54, 1.807) is 24.8 Å². The Kier molecular flexibility index (Phi) is 8.77. The van der Waals surface area contributed by atoms with Gasteiger partial charge in [-0.25, -0.2) is 13.2 Å². The van der Waals surface area contributed by atoms with Crippen molar-refractivity contribution in [3.05, 3.63) is 83.2 Å². The van der Waals surface area contributed by atoms with Gasteiger partial charge in [0.1, 0.15) is 17.5 Å². The molecule has 0 radical (unpaired) electrons. The van der Waals surface area contributed by atoms with Crippen LogP contribution < -0.4 is 0 Å². The van der Waals surface area contributed by atoms with E-state index in [-0.39, 0.29) is 30.0 Å². The van der Waals surface area contributed by atoms with Crippen LogP contribution in [0.1, 0.15) is 42.4 Å². The topological polar surface area (TPSA) is 78.4 Å². The third kappa shape index (κ3) is 6.96. The Morgan fingerprint density at radius 1 is 0.821 bits per heavy atom. The first-order valence-electron chi connectivity index (χ1n) is 13.4. The maximum atomic E-state index is 14.5. The highest BCUT2D eigenvalue weighted by Gasteiger charge is 2.33. The SMILES string of the molecule is O=C(C1CCN(Cc2ccnnc2)CC1)N1CCC(N(Cc2ccnnc2)Cc2c(F)cc(F)cc2F)CC1. The summed E-state index contributed by atoms with van der Waals surface area (Å²) in [6.07, 6.45) is 9.67. The van der Waals surface area contributed by atoms with Crippen LogP contribution in [0.5, 0.6) is 0 Å². The molecule has 4 heterocycles. The normalized spacial score (nSPS) is 17.6. The van der Waals surface area contributed by atoms with Crippen molar-refractivity contribution in [3.8, 4) is 0 Å². The summed E-state index contributed by atoms with van der Waals surface area (Å²) >= 11 is 0. The summed E-state index contributed by atoms with van der Waals surface area (Å²) < 4.78 is 42.5. The Morgan fingerprint density at radius 2 is 1.44 bits per heavy atom. The van der Waals surface area contributed by atoms with Gasteiger partial charge in [-0.3, -0.25) is 14.6 Å². The second-order valence-corrected chi connectivity index (χ2v) is 10.4. The number of carbonyl (C=O) groups excluding carboxylic acids is 1. The Morgan fingerprint density at radius 3 is 2.03 bits per heavy atom. The molecular weight excluding hydrogens is 507 g/mol. The quantitative estimate of drug-likeness (QED) is 0.433. The second kappa shape index (κ2) is 12.6. The van der Waals surface area contributed by atoms with Gasteiger partial charge < -0.3 is 4.90 Å². The number of nitrogens with zero attached hydrogens (tertiary/aromatic N) is 7. The average molecular weight is 540 g/mol. The molecule has 39 heavy (non-hydrogen) atoms. The molecule has 0 spiro atoms. The van der Waals surface area contributed by atoms with Crippen LogP contribution in [0.15, 0.2) is 49.1 Å². The van der Waals surface area contributed by atoms with Gasteiger partial charge in [-0.15, -0.1) is 0 Å². The molecule has 0 saturated carbocycles. The number of likely N-dealkylation sites (tertiary alicyclic amines) is 2. The summed E-state index contributed by atoms with van der Waals surface area (Å²) in [5.74, 6) is -2.53. The Bertz CT molecular complexity index is 1210. The van der Waals surface area contributed by atoms with Crippen LogP contribution in [-0.4, -0.2) is 73.2 Å². The molecule has 1 amide bonds. The van der Waals surface area contributed by atoms with E-state index >= 15 is 0 Å². The van der Waals surface area contributed by atoms with E-state index in [1.807, 2.05) is 21.9 Å². The number of hydrogen-bond donors (Lipinski definition) is 0. The first-order chi connectivity index (χ1) is 19.0. The van der Waals surface area contributed by atoms with Crippen LogP contribution in [0.4, 0.5) is 13.2 Å².